The van der Waals surface area contributed by atoms with E-state index in [1.165, 1.54) is 4.90 Å². The van der Waals surface area contributed by atoms with Gasteiger partial charge >= 0.3 is 12.0 Å². The molecule has 1 rings (SSSR count). The summed E-state index contributed by atoms with van der Waals surface area (Å²) in [6.07, 6.45) is 0.785. The number of carboxylic acid groups (broad SMARTS) is 1. The number of urea groups is 1. The van der Waals surface area contributed by atoms with Crippen LogP contribution in [-0.2, 0) is 4.79 Å². The van der Waals surface area contributed by atoms with Gasteiger partial charge in [0.25, 0.3) is 0 Å². The molecule has 0 bridgehead atoms. The predicted octanol–water partition coefficient (Wildman–Crippen LogP) is -0.173. The normalized spacial score (nSPS) is 19.9. The first-order valence-electron chi connectivity index (χ1n) is 5.45. The van der Waals surface area contributed by atoms with Crippen LogP contribution >= 0.6 is 0 Å². The van der Waals surface area contributed by atoms with Gasteiger partial charge in [0.2, 0.25) is 0 Å². The molecule has 1 aliphatic rings. The summed E-state index contributed by atoms with van der Waals surface area (Å²) in [7, 11) is 0. The Kier molecular flexibility index (Phi) is 4.54. The van der Waals surface area contributed by atoms with Gasteiger partial charge in [0.15, 0.2) is 0 Å². The molecule has 1 fully saturated rings. The number of amides is 2. The molecule has 0 spiro atoms. The van der Waals surface area contributed by atoms with Crippen LogP contribution in [0.3, 0.4) is 0 Å². The zero-order valence-electron chi connectivity index (χ0n) is 9.43. The second-order valence-corrected chi connectivity index (χ2v) is 3.97. The Hall–Kier alpha value is -1.30. The van der Waals surface area contributed by atoms with Crippen LogP contribution in [-0.4, -0.2) is 64.8 Å². The first-order chi connectivity index (χ1) is 7.58. The Morgan fingerprint density at radius 2 is 2.19 bits per heavy atom. The maximum absolute atomic E-state index is 11.9. The minimum Gasteiger partial charge on any atom is -0.480 e. The number of rotatable bonds is 4. The summed E-state index contributed by atoms with van der Waals surface area (Å²) in [4.78, 5) is 25.3. The van der Waals surface area contributed by atoms with Crippen LogP contribution in [0.5, 0.6) is 0 Å². The summed E-state index contributed by atoms with van der Waals surface area (Å²) < 4.78 is 0. The summed E-state index contributed by atoms with van der Waals surface area (Å²) in [6, 6.07) is -0.249. The molecule has 0 aromatic rings. The van der Waals surface area contributed by atoms with Crippen LogP contribution in [0.1, 0.15) is 13.3 Å². The molecule has 0 aromatic heterocycles. The molecule has 0 radical (unpaired) electrons. The summed E-state index contributed by atoms with van der Waals surface area (Å²) >= 11 is 0. The lowest BCUT2D eigenvalue weighted by Crippen LogP contribution is -2.44. The average Bonchev–Trinajstić information content (AvgIpc) is 2.73. The lowest BCUT2D eigenvalue weighted by atomic mass is 10.1. The second kappa shape index (κ2) is 5.69. The molecule has 0 saturated carbocycles. The van der Waals surface area contributed by atoms with Crippen LogP contribution in [0.4, 0.5) is 4.79 Å². The number of carboxylic acids is 1. The van der Waals surface area contributed by atoms with Crippen molar-refractivity contribution in [2.75, 3.05) is 32.8 Å². The van der Waals surface area contributed by atoms with E-state index >= 15 is 0 Å². The largest absolute Gasteiger partial charge is 0.480 e. The number of aliphatic hydroxyl groups is 1. The van der Waals surface area contributed by atoms with Crippen molar-refractivity contribution >= 4 is 12.0 Å². The van der Waals surface area contributed by atoms with Gasteiger partial charge in [-0.1, -0.05) is 0 Å². The monoisotopic (exact) mass is 230 g/mol. The third kappa shape index (κ3) is 3.10. The Balaban J connectivity index is 2.52. The van der Waals surface area contributed by atoms with E-state index in [4.69, 9.17) is 10.2 Å². The first-order valence-corrected chi connectivity index (χ1v) is 5.45. The van der Waals surface area contributed by atoms with E-state index in [1.807, 2.05) is 0 Å². The van der Waals surface area contributed by atoms with Gasteiger partial charge in [-0.05, 0) is 13.3 Å². The predicted molar refractivity (Wildman–Crippen MR) is 57.0 cm³/mol. The molecule has 1 aliphatic heterocycles. The fraction of sp³-hybridized carbons (Fsp3) is 0.800. The van der Waals surface area contributed by atoms with Gasteiger partial charge in [0.1, 0.15) is 6.54 Å². The van der Waals surface area contributed by atoms with Gasteiger partial charge in [0.05, 0.1) is 0 Å². The van der Waals surface area contributed by atoms with E-state index in [0.29, 0.717) is 19.6 Å². The molecule has 1 saturated heterocycles. The van der Waals surface area contributed by atoms with Crippen molar-refractivity contribution in [3.8, 4) is 0 Å². The average molecular weight is 230 g/mol. The number of aliphatic carboxylic acids is 1. The molecule has 16 heavy (non-hydrogen) atoms. The lowest BCUT2D eigenvalue weighted by Gasteiger charge is -2.25. The maximum atomic E-state index is 11.9. The van der Waals surface area contributed by atoms with E-state index < -0.39 is 5.97 Å². The second-order valence-electron chi connectivity index (χ2n) is 3.97. The number of carbonyl (C=O) groups is 2. The van der Waals surface area contributed by atoms with Crippen LogP contribution in [0.15, 0.2) is 0 Å². The lowest BCUT2D eigenvalue weighted by molar-refractivity contribution is -0.137. The number of hydrogen-bond acceptors (Lipinski definition) is 3. The van der Waals surface area contributed by atoms with Gasteiger partial charge < -0.3 is 20.0 Å². The van der Waals surface area contributed by atoms with Crippen molar-refractivity contribution in [3.63, 3.8) is 0 Å². The number of likely N-dealkylation sites (tertiary alicyclic amines) is 1. The zero-order chi connectivity index (χ0) is 12.1. The number of carbonyl (C=O) groups excluding carboxylic acids is 1. The van der Waals surface area contributed by atoms with Crippen molar-refractivity contribution in [2.24, 2.45) is 5.92 Å². The highest BCUT2D eigenvalue weighted by molar-refractivity contribution is 5.80. The van der Waals surface area contributed by atoms with E-state index in [1.54, 1.807) is 11.8 Å². The summed E-state index contributed by atoms with van der Waals surface area (Å²) in [6.45, 7) is 3.06. The molecule has 2 N–H and O–H groups in total. The van der Waals surface area contributed by atoms with E-state index in [2.05, 4.69) is 0 Å². The molecule has 1 atom stereocenters. The van der Waals surface area contributed by atoms with Crippen molar-refractivity contribution in [1.82, 2.24) is 9.80 Å². The number of nitrogens with zero attached hydrogens (tertiary/aromatic N) is 2. The Bertz CT molecular complexity index is 270. The van der Waals surface area contributed by atoms with Crippen molar-refractivity contribution in [1.29, 1.82) is 0 Å². The van der Waals surface area contributed by atoms with Gasteiger partial charge in [0, 0.05) is 32.2 Å². The van der Waals surface area contributed by atoms with Crippen LogP contribution < -0.4 is 0 Å². The number of likely N-dealkylation sites (N-methyl/N-ethyl adjacent to an activating group) is 1. The molecule has 6 nitrogen and oxygen atoms in total. The topological polar surface area (TPSA) is 81.1 Å². The molecule has 2 amide bonds. The number of aliphatic hydroxyl groups excluding tert-OH is 1. The zero-order valence-corrected chi connectivity index (χ0v) is 9.43. The van der Waals surface area contributed by atoms with Crippen molar-refractivity contribution < 1.29 is 19.8 Å². The van der Waals surface area contributed by atoms with Crippen LogP contribution in [0, 0.1) is 5.92 Å². The third-order valence-corrected chi connectivity index (χ3v) is 2.79. The summed E-state index contributed by atoms with van der Waals surface area (Å²) in [5.74, 6) is -0.874. The molecule has 6 heteroatoms. The fourth-order valence-electron chi connectivity index (χ4n) is 1.83. The highest BCUT2D eigenvalue weighted by Crippen LogP contribution is 2.16. The van der Waals surface area contributed by atoms with Crippen LogP contribution in [0.2, 0.25) is 0 Å². The highest BCUT2D eigenvalue weighted by Gasteiger charge is 2.28. The Labute approximate surface area is 94.4 Å². The maximum Gasteiger partial charge on any atom is 0.323 e. The molecule has 1 heterocycles. The van der Waals surface area contributed by atoms with Gasteiger partial charge in [-0.3, -0.25) is 4.79 Å². The van der Waals surface area contributed by atoms with Gasteiger partial charge in [-0.2, -0.15) is 0 Å². The minimum atomic E-state index is -1.01. The summed E-state index contributed by atoms with van der Waals surface area (Å²) in [5, 5.41) is 17.6. The molecular weight excluding hydrogens is 212 g/mol. The Morgan fingerprint density at radius 3 is 2.62 bits per heavy atom. The standard InChI is InChI=1S/C10H18N2O4/c1-2-11(6-9(14)15)10(16)12-4-3-8(5-12)7-13/h8,13H,2-7H2,1H3,(H,14,15). The van der Waals surface area contributed by atoms with Crippen molar-refractivity contribution in [3.05, 3.63) is 0 Å². The molecule has 92 valence electrons. The fourth-order valence-corrected chi connectivity index (χ4v) is 1.83. The Morgan fingerprint density at radius 1 is 1.50 bits per heavy atom. The molecule has 1 unspecified atom stereocenters. The quantitative estimate of drug-likeness (QED) is 0.702. The minimum absolute atomic E-state index is 0.0782. The number of hydrogen-bond donors (Lipinski definition) is 2. The third-order valence-electron chi connectivity index (χ3n) is 2.79. The van der Waals surface area contributed by atoms with E-state index in [0.717, 1.165) is 6.42 Å². The summed E-state index contributed by atoms with van der Waals surface area (Å²) in [5.41, 5.74) is 0. The van der Waals surface area contributed by atoms with E-state index in [-0.39, 0.29) is 25.1 Å². The molecule has 0 aromatic carbocycles. The SMILES string of the molecule is CCN(CC(=O)O)C(=O)N1CCC(CO)C1. The van der Waals surface area contributed by atoms with Crippen LogP contribution in [0.25, 0.3) is 0 Å². The highest BCUT2D eigenvalue weighted by atomic mass is 16.4. The van der Waals surface area contributed by atoms with Gasteiger partial charge in [-0.25, -0.2) is 4.79 Å². The smallest absolute Gasteiger partial charge is 0.323 e. The molecular formula is C10H18N2O4. The molecule has 0 aliphatic carbocycles. The van der Waals surface area contributed by atoms with E-state index in [9.17, 15) is 9.59 Å². The van der Waals surface area contributed by atoms with Crippen molar-refractivity contribution in [2.45, 2.75) is 13.3 Å². The first kappa shape index (κ1) is 12.8. The van der Waals surface area contributed by atoms with Gasteiger partial charge in [-0.15, -0.1) is 0 Å².